The number of thioether (sulfide) groups is 1. The van der Waals surface area contributed by atoms with E-state index in [0.29, 0.717) is 0 Å². The topological polar surface area (TPSA) is 12.0 Å². The third-order valence-electron chi connectivity index (χ3n) is 1.76. The molecule has 0 aromatic heterocycles. The maximum Gasteiger partial charge on any atom is 0.0688 e. The lowest BCUT2D eigenvalue weighted by molar-refractivity contribution is 0.952. The minimum atomic E-state index is 1.10. The van der Waals surface area contributed by atoms with Crippen molar-refractivity contribution in [3.8, 4) is 0 Å². The maximum absolute atomic E-state index is 3.33. The molecule has 1 aliphatic heterocycles. The second kappa shape index (κ2) is 3.68. The van der Waals surface area contributed by atoms with Crippen LogP contribution in [0, 0.1) is 0 Å². The fourth-order valence-electron chi connectivity index (χ4n) is 1.18. The largest absolute Gasteiger partial charge is 0.379 e. The predicted octanol–water partition coefficient (Wildman–Crippen LogP) is 2.32. The van der Waals surface area contributed by atoms with E-state index >= 15 is 0 Å². The van der Waals surface area contributed by atoms with Crippen LogP contribution in [0.5, 0.6) is 0 Å². The average Bonchev–Trinajstić information content (AvgIpc) is 2.59. The molecule has 1 nitrogen and oxygen atoms in total. The molecule has 1 aliphatic rings. The summed E-state index contributed by atoms with van der Waals surface area (Å²) in [4.78, 5) is 0. The van der Waals surface area contributed by atoms with E-state index in [1.807, 2.05) is 17.8 Å². The minimum Gasteiger partial charge on any atom is -0.379 e. The standard InChI is InChI=1S/C10H11NS/c1-2-4-9(5-3-1)8-10-11-6-7-12-10/h1-5,8,11H,6-7H2/b10-8+. The Morgan fingerprint density at radius 2 is 2.08 bits per heavy atom. The Morgan fingerprint density at radius 3 is 2.75 bits per heavy atom. The van der Waals surface area contributed by atoms with Gasteiger partial charge in [0, 0.05) is 12.3 Å². The van der Waals surface area contributed by atoms with Gasteiger partial charge in [-0.25, -0.2) is 0 Å². The van der Waals surface area contributed by atoms with Crippen LogP contribution >= 0.6 is 11.8 Å². The van der Waals surface area contributed by atoms with Crippen molar-refractivity contribution in [2.45, 2.75) is 0 Å². The quantitative estimate of drug-likeness (QED) is 0.706. The molecule has 2 rings (SSSR count). The summed E-state index contributed by atoms with van der Waals surface area (Å²) < 4.78 is 0. The normalized spacial score (nSPS) is 19.5. The molecule has 1 aromatic rings. The summed E-state index contributed by atoms with van der Waals surface area (Å²) >= 11 is 1.89. The van der Waals surface area contributed by atoms with Crippen LogP contribution in [0.25, 0.3) is 6.08 Å². The first kappa shape index (κ1) is 7.74. The third kappa shape index (κ3) is 1.83. The summed E-state index contributed by atoms with van der Waals surface area (Å²) in [5.74, 6) is 1.19. The van der Waals surface area contributed by atoms with Gasteiger partial charge < -0.3 is 5.32 Å². The molecule has 1 N–H and O–H groups in total. The van der Waals surface area contributed by atoms with Crippen molar-refractivity contribution in [3.05, 3.63) is 40.9 Å². The zero-order valence-corrected chi connectivity index (χ0v) is 7.60. The van der Waals surface area contributed by atoms with Crippen molar-refractivity contribution in [1.82, 2.24) is 5.32 Å². The van der Waals surface area contributed by atoms with E-state index in [1.165, 1.54) is 16.3 Å². The highest BCUT2D eigenvalue weighted by molar-refractivity contribution is 8.03. The molecule has 1 fully saturated rings. The van der Waals surface area contributed by atoms with Crippen LogP contribution in [0.4, 0.5) is 0 Å². The summed E-state index contributed by atoms with van der Waals surface area (Å²) in [5.41, 5.74) is 1.27. The van der Waals surface area contributed by atoms with E-state index in [2.05, 4.69) is 35.7 Å². The third-order valence-corrected chi connectivity index (χ3v) is 2.74. The first-order chi connectivity index (χ1) is 5.95. The highest BCUT2D eigenvalue weighted by Gasteiger charge is 2.04. The van der Waals surface area contributed by atoms with Crippen LogP contribution in [0.2, 0.25) is 0 Å². The molecule has 0 saturated carbocycles. The highest BCUT2D eigenvalue weighted by atomic mass is 32.2. The Balaban J connectivity index is 2.16. The zero-order chi connectivity index (χ0) is 8.23. The van der Waals surface area contributed by atoms with E-state index in [-0.39, 0.29) is 0 Å². The van der Waals surface area contributed by atoms with Gasteiger partial charge in [-0.1, -0.05) is 30.3 Å². The molecule has 0 spiro atoms. The van der Waals surface area contributed by atoms with Crippen LogP contribution in [-0.4, -0.2) is 12.3 Å². The second-order valence-corrected chi connectivity index (χ2v) is 3.83. The lowest BCUT2D eigenvalue weighted by Gasteiger charge is -1.96. The van der Waals surface area contributed by atoms with Gasteiger partial charge in [-0.2, -0.15) is 0 Å². The van der Waals surface area contributed by atoms with E-state index in [1.54, 1.807) is 0 Å². The van der Waals surface area contributed by atoms with E-state index in [4.69, 9.17) is 0 Å². The molecule has 1 aromatic carbocycles. The van der Waals surface area contributed by atoms with Crippen LogP contribution in [-0.2, 0) is 0 Å². The lowest BCUT2D eigenvalue weighted by Crippen LogP contribution is -2.03. The van der Waals surface area contributed by atoms with Crippen molar-refractivity contribution in [3.63, 3.8) is 0 Å². The molecule has 0 radical (unpaired) electrons. The van der Waals surface area contributed by atoms with Crippen LogP contribution < -0.4 is 5.32 Å². The lowest BCUT2D eigenvalue weighted by atomic mass is 10.2. The molecular formula is C10H11NS. The smallest absolute Gasteiger partial charge is 0.0688 e. The average molecular weight is 177 g/mol. The van der Waals surface area contributed by atoms with E-state index in [9.17, 15) is 0 Å². The number of hydrogen-bond acceptors (Lipinski definition) is 2. The van der Waals surface area contributed by atoms with E-state index in [0.717, 1.165) is 6.54 Å². The van der Waals surface area contributed by atoms with Gasteiger partial charge in [0.25, 0.3) is 0 Å². The monoisotopic (exact) mass is 177 g/mol. The maximum atomic E-state index is 3.33. The molecular weight excluding hydrogens is 166 g/mol. The molecule has 62 valence electrons. The van der Waals surface area contributed by atoms with Gasteiger partial charge in [-0.05, 0) is 11.6 Å². The molecule has 2 heteroatoms. The van der Waals surface area contributed by atoms with Gasteiger partial charge in [0.05, 0.1) is 5.03 Å². The number of hydrogen-bond donors (Lipinski definition) is 1. The molecule has 12 heavy (non-hydrogen) atoms. The molecule has 0 atom stereocenters. The molecule has 1 heterocycles. The van der Waals surface area contributed by atoms with Gasteiger partial charge in [0.15, 0.2) is 0 Å². The number of rotatable bonds is 1. The van der Waals surface area contributed by atoms with Crippen molar-refractivity contribution >= 4 is 17.8 Å². The van der Waals surface area contributed by atoms with E-state index < -0.39 is 0 Å². The van der Waals surface area contributed by atoms with Crippen molar-refractivity contribution in [1.29, 1.82) is 0 Å². The molecule has 0 unspecified atom stereocenters. The molecule has 1 saturated heterocycles. The SMILES string of the molecule is C(=C1/NCCS1)/c1ccccc1. The first-order valence-electron chi connectivity index (χ1n) is 4.08. The fraction of sp³-hybridized carbons (Fsp3) is 0.200. The van der Waals surface area contributed by atoms with Crippen LogP contribution in [0.1, 0.15) is 5.56 Å². The first-order valence-corrected chi connectivity index (χ1v) is 5.07. The zero-order valence-electron chi connectivity index (χ0n) is 6.79. The van der Waals surface area contributed by atoms with Gasteiger partial charge in [0.2, 0.25) is 0 Å². The van der Waals surface area contributed by atoms with Crippen molar-refractivity contribution in [2.75, 3.05) is 12.3 Å². The van der Waals surface area contributed by atoms with Gasteiger partial charge >= 0.3 is 0 Å². The van der Waals surface area contributed by atoms with Crippen LogP contribution in [0.15, 0.2) is 35.4 Å². The molecule has 0 aliphatic carbocycles. The Labute approximate surface area is 76.9 Å². The highest BCUT2D eigenvalue weighted by Crippen LogP contribution is 2.20. The predicted molar refractivity (Wildman–Crippen MR) is 54.9 cm³/mol. The Bertz CT molecular complexity index is 271. The molecule has 0 amide bonds. The Morgan fingerprint density at radius 1 is 1.25 bits per heavy atom. The van der Waals surface area contributed by atoms with Crippen molar-refractivity contribution < 1.29 is 0 Å². The Kier molecular flexibility index (Phi) is 2.37. The number of benzene rings is 1. The fourth-order valence-corrected chi connectivity index (χ4v) is 2.03. The minimum absolute atomic E-state index is 1.10. The van der Waals surface area contributed by atoms with Gasteiger partial charge in [-0.15, -0.1) is 11.8 Å². The summed E-state index contributed by atoms with van der Waals surface area (Å²) in [6.07, 6.45) is 2.19. The number of nitrogens with one attached hydrogen (secondary N) is 1. The second-order valence-electron chi connectivity index (χ2n) is 2.69. The van der Waals surface area contributed by atoms with Crippen molar-refractivity contribution in [2.24, 2.45) is 0 Å². The van der Waals surface area contributed by atoms with Gasteiger partial charge in [0.1, 0.15) is 0 Å². The summed E-state index contributed by atoms with van der Waals surface area (Å²) in [6, 6.07) is 10.4. The van der Waals surface area contributed by atoms with Crippen LogP contribution in [0.3, 0.4) is 0 Å². The summed E-state index contributed by atoms with van der Waals surface area (Å²) in [5, 5.41) is 4.62. The summed E-state index contributed by atoms with van der Waals surface area (Å²) in [7, 11) is 0. The van der Waals surface area contributed by atoms with Gasteiger partial charge in [-0.3, -0.25) is 0 Å². The molecule has 0 bridgehead atoms. The Hall–Kier alpha value is -0.890. The summed E-state index contributed by atoms with van der Waals surface area (Å²) in [6.45, 7) is 1.10.